The lowest BCUT2D eigenvalue weighted by molar-refractivity contribution is -0.384. The van der Waals surface area contributed by atoms with Crippen LogP contribution in [0.5, 0.6) is 0 Å². The Kier molecular flexibility index (Phi) is 4.03. The minimum atomic E-state index is -0.357. The van der Waals surface area contributed by atoms with Crippen LogP contribution >= 0.6 is 0 Å². The van der Waals surface area contributed by atoms with Crippen LogP contribution in [0.2, 0.25) is 0 Å². The number of nitrogens with zero attached hydrogens (tertiary/aromatic N) is 1. The van der Waals surface area contributed by atoms with Crippen LogP contribution in [-0.4, -0.2) is 10.5 Å². The fourth-order valence-corrected chi connectivity index (χ4v) is 5.73. The molecule has 3 aliphatic carbocycles. The number of benzene rings is 1. The third-order valence-electron chi connectivity index (χ3n) is 7.47. The van der Waals surface area contributed by atoms with Crippen molar-refractivity contribution in [2.45, 2.75) is 65.6 Å². The van der Waals surface area contributed by atoms with Gasteiger partial charge in [0.05, 0.1) is 17.1 Å². The van der Waals surface area contributed by atoms with Crippen LogP contribution in [0.1, 0.15) is 58.9 Å². The molecule has 4 heteroatoms. The van der Waals surface area contributed by atoms with Gasteiger partial charge >= 0.3 is 0 Å². The van der Waals surface area contributed by atoms with E-state index in [1.165, 1.54) is 19.3 Å². The van der Waals surface area contributed by atoms with Crippen molar-refractivity contribution >= 4 is 5.69 Å². The summed E-state index contributed by atoms with van der Waals surface area (Å²) in [6, 6.07) is 6.76. The van der Waals surface area contributed by atoms with Gasteiger partial charge in [-0.3, -0.25) is 10.1 Å². The van der Waals surface area contributed by atoms with Crippen molar-refractivity contribution in [2.75, 3.05) is 0 Å². The van der Waals surface area contributed by atoms with Gasteiger partial charge < -0.3 is 4.74 Å². The highest BCUT2D eigenvalue weighted by atomic mass is 16.6. The molecule has 0 bridgehead atoms. The number of rotatable bonds is 4. The molecule has 0 aliphatic heterocycles. The zero-order valence-corrected chi connectivity index (χ0v) is 16.2. The van der Waals surface area contributed by atoms with Crippen molar-refractivity contribution in [3.8, 4) is 0 Å². The first-order valence-corrected chi connectivity index (χ1v) is 9.81. The standard InChI is InChI=1S/C22H29NO3/c1-14-5-10-17-19(14)20-18(21(20,2)3)11-12-22(17,4)26-13-15-6-8-16(9-7-15)23(24)25/h6-9,17-18,20H,5,10-13H2,1-4H3/t17-,18-,20-,22+/m1/s1. The summed E-state index contributed by atoms with van der Waals surface area (Å²) in [4.78, 5) is 10.5. The number of fused-ring (bicyclic) bond motifs is 3. The Morgan fingerprint density at radius 3 is 2.54 bits per heavy atom. The van der Waals surface area contributed by atoms with Crippen molar-refractivity contribution < 1.29 is 9.66 Å². The number of ether oxygens (including phenoxy) is 1. The first kappa shape index (κ1) is 17.7. The van der Waals surface area contributed by atoms with Crippen LogP contribution in [0.25, 0.3) is 0 Å². The molecule has 4 atom stereocenters. The number of non-ortho nitro benzene ring substituents is 1. The van der Waals surface area contributed by atoms with Gasteiger partial charge in [-0.05, 0) is 74.5 Å². The SMILES string of the molecule is CC1=C2[C@@H](CC1)[C@@](C)(OCc1ccc([N+](=O)[O-])cc1)CC[C@@H]1[C@H]2C1(C)C. The molecule has 0 spiro atoms. The average molecular weight is 355 g/mol. The first-order valence-electron chi connectivity index (χ1n) is 9.81. The molecule has 2 saturated carbocycles. The molecule has 0 saturated heterocycles. The third kappa shape index (κ3) is 2.70. The van der Waals surface area contributed by atoms with E-state index in [0.717, 1.165) is 23.8 Å². The Morgan fingerprint density at radius 2 is 1.88 bits per heavy atom. The minimum absolute atomic E-state index is 0.127. The summed E-state index contributed by atoms with van der Waals surface area (Å²) in [7, 11) is 0. The van der Waals surface area contributed by atoms with Gasteiger partial charge in [0.25, 0.3) is 5.69 Å². The summed E-state index contributed by atoms with van der Waals surface area (Å²) < 4.78 is 6.53. The van der Waals surface area contributed by atoms with Gasteiger partial charge in [0.2, 0.25) is 0 Å². The molecule has 2 fully saturated rings. The molecule has 0 unspecified atom stereocenters. The maximum atomic E-state index is 10.8. The lowest BCUT2D eigenvalue weighted by Crippen LogP contribution is -2.38. The number of hydrogen-bond acceptors (Lipinski definition) is 3. The molecule has 140 valence electrons. The molecule has 1 aromatic rings. The van der Waals surface area contributed by atoms with Crippen LogP contribution in [0.15, 0.2) is 35.4 Å². The summed E-state index contributed by atoms with van der Waals surface area (Å²) in [6.45, 7) is 10.00. The maximum absolute atomic E-state index is 10.8. The van der Waals surface area contributed by atoms with E-state index in [1.54, 1.807) is 23.3 Å². The first-order chi connectivity index (χ1) is 12.2. The van der Waals surface area contributed by atoms with Crippen molar-refractivity contribution in [1.29, 1.82) is 0 Å². The number of allylic oxidation sites excluding steroid dienone is 1. The van der Waals surface area contributed by atoms with Crippen LogP contribution < -0.4 is 0 Å². The van der Waals surface area contributed by atoms with Crippen molar-refractivity contribution in [3.63, 3.8) is 0 Å². The van der Waals surface area contributed by atoms with Crippen molar-refractivity contribution in [2.24, 2.45) is 23.2 Å². The molecule has 0 amide bonds. The molecule has 0 heterocycles. The average Bonchev–Trinajstić information content (AvgIpc) is 2.98. The van der Waals surface area contributed by atoms with Gasteiger partial charge in [-0.1, -0.05) is 25.0 Å². The van der Waals surface area contributed by atoms with Gasteiger partial charge in [0.1, 0.15) is 0 Å². The van der Waals surface area contributed by atoms with Gasteiger partial charge in [-0.15, -0.1) is 0 Å². The predicted molar refractivity (Wildman–Crippen MR) is 102 cm³/mol. The summed E-state index contributed by atoms with van der Waals surface area (Å²) in [5, 5.41) is 10.8. The molecular formula is C22H29NO3. The van der Waals surface area contributed by atoms with Crippen molar-refractivity contribution in [3.05, 3.63) is 51.1 Å². The van der Waals surface area contributed by atoms with Gasteiger partial charge in [0.15, 0.2) is 0 Å². The summed E-state index contributed by atoms with van der Waals surface area (Å²) in [6.07, 6.45) is 4.75. The number of nitro groups is 1. The highest BCUT2D eigenvalue weighted by Crippen LogP contribution is 2.70. The zero-order chi connectivity index (χ0) is 18.7. The van der Waals surface area contributed by atoms with Crippen molar-refractivity contribution in [1.82, 2.24) is 0 Å². The zero-order valence-electron chi connectivity index (χ0n) is 16.2. The fraction of sp³-hybridized carbons (Fsp3) is 0.636. The lowest BCUT2D eigenvalue weighted by atomic mass is 9.78. The van der Waals surface area contributed by atoms with E-state index in [2.05, 4.69) is 27.7 Å². The smallest absolute Gasteiger partial charge is 0.269 e. The van der Waals surface area contributed by atoms with E-state index in [9.17, 15) is 10.1 Å². The highest BCUT2D eigenvalue weighted by Gasteiger charge is 2.64. The Bertz CT molecular complexity index is 764. The van der Waals surface area contributed by atoms with E-state index in [4.69, 9.17) is 4.74 Å². The largest absolute Gasteiger partial charge is 0.370 e. The normalized spacial score (nSPS) is 34.8. The van der Waals surface area contributed by atoms with Gasteiger partial charge in [0, 0.05) is 18.1 Å². The second-order valence-corrected chi connectivity index (χ2v) is 9.30. The van der Waals surface area contributed by atoms with Crippen LogP contribution in [-0.2, 0) is 11.3 Å². The third-order valence-corrected chi connectivity index (χ3v) is 7.47. The summed E-state index contributed by atoms with van der Waals surface area (Å²) in [5.74, 6) is 2.08. The second kappa shape index (κ2) is 5.91. The minimum Gasteiger partial charge on any atom is -0.370 e. The highest BCUT2D eigenvalue weighted by molar-refractivity contribution is 5.37. The molecule has 4 rings (SSSR count). The summed E-state index contributed by atoms with van der Waals surface area (Å²) in [5.41, 5.74) is 4.77. The molecule has 1 aromatic carbocycles. The van der Waals surface area contributed by atoms with E-state index in [-0.39, 0.29) is 16.2 Å². The molecule has 3 aliphatic rings. The molecule has 0 N–H and O–H groups in total. The van der Waals surface area contributed by atoms with E-state index in [0.29, 0.717) is 17.9 Å². The molecule has 0 aromatic heterocycles. The monoisotopic (exact) mass is 355 g/mol. The molecule has 26 heavy (non-hydrogen) atoms. The van der Waals surface area contributed by atoms with Crippen LogP contribution in [0.4, 0.5) is 5.69 Å². The maximum Gasteiger partial charge on any atom is 0.269 e. The molecule has 0 radical (unpaired) electrons. The van der Waals surface area contributed by atoms with E-state index in [1.807, 2.05) is 12.1 Å². The molecule has 4 nitrogen and oxygen atoms in total. The Balaban J connectivity index is 1.52. The Hall–Kier alpha value is -1.68. The van der Waals surface area contributed by atoms with Gasteiger partial charge in [-0.2, -0.15) is 0 Å². The van der Waals surface area contributed by atoms with Crippen LogP contribution in [0, 0.1) is 33.3 Å². The fourth-order valence-electron chi connectivity index (χ4n) is 5.73. The Labute approximate surface area is 155 Å². The van der Waals surface area contributed by atoms with E-state index < -0.39 is 0 Å². The Morgan fingerprint density at radius 1 is 1.19 bits per heavy atom. The predicted octanol–water partition coefficient (Wildman–Crippen LogP) is 5.66. The number of hydrogen-bond donors (Lipinski definition) is 0. The second-order valence-electron chi connectivity index (χ2n) is 9.30. The number of nitro benzene ring substituents is 1. The van der Waals surface area contributed by atoms with E-state index >= 15 is 0 Å². The lowest BCUT2D eigenvalue weighted by Gasteiger charge is -2.37. The molecular weight excluding hydrogens is 326 g/mol. The topological polar surface area (TPSA) is 52.4 Å². The summed E-state index contributed by atoms with van der Waals surface area (Å²) >= 11 is 0. The van der Waals surface area contributed by atoms with Crippen LogP contribution in [0.3, 0.4) is 0 Å². The quantitative estimate of drug-likeness (QED) is 0.398. The van der Waals surface area contributed by atoms with Gasteiger partial charge in [-0.25, -0.2) is 0 Å².